The van der Waals surface area contributed by atoms with E-state index in [4.69, 9.17) is 4.42 Å². The molecule has 3 nitrogen and oxygen atoms in total. The highest BCUT2D eigenvalue weighted by Crippen LogP contribution is 2.35. The summed E-state index contributed by atoms with van der Waals surface area (Å²) in [5.74, 6) is 0.211. The summed E-state index contributed by atoms with van der Waals surface area (Å²) in [6.45, 7) is 0.612. The van der Waals surface area contributed by atoms with E-state index < -0.39 is 0 Å². The quantitative estimate of drug-likeness (QED) is 0.868. The monoisotopic (exact) mass is 255 g/mol. The van der Waals surface area contributed by atoms with E-state index in [0.29, 0.717) is 12.1 Å². The number of benzene rings is 1. The average Bonchev–Trinajstić information content (AvgIpc) is 2.63. The van der Waals surface area contributed by atoms with Crippen LogP contribution in [-0.4, -0.2) is 12.2 Å². The number of phenolic OH excluding ortho intramolecular Hbond substituents is 1. The van der Waals surface area contributed by atoms with Gasteiger partial charge in [-0.25, -0.2) is 0 Å². The average molecular weight is 256 g/mol. The summed E-state index contributed by atoms with van der Waals surface area (Å²) in [6.07, 6.45) is 1.57. The molecule has 0 atom stereocenters. The van der Waals surface area contributed by atoms with E-state index >= 15 is 0 Å². The number of phenols is 1. The van der Waals surface area contributed by atoms with Gasteiger partial charge in [0.15, 0.2) is 11.3 Å². The maximum Gasteiger partial charge on any atom is 0.176 e. The highest BCUT2D eigenvalue weighted by Gasteiger charge is 2.11. The van der Waals surface area contributed by atoms with E-state index in [1.165, 1.54) is 0 Å². The molecule has 1 aromatic carbocycles. The summed E-state index contributed by atoms with van der Waals surface area (Å²) >= 11 is 3.43. The number of hydrogen-bond acceptors (Lipinski definition) is 3. The third kappa shape index (κ3) is 1.40. The van der Waals surface area contributed by atoms with Gasteiger partial charge in [0.25, 0.3) is 0 Å². The van der Waals surface area contributed by atoms with Gasteiger partial charge < -0.3 is 14.8 Å². The first kappa shape index (κ1) is 9.55. The SMILES string of the molecule is CNCc1cc(Br)c2ccoc2c1O. The highest BCUT2D eigenvalue weighted by atomic mass is 79.9. The first-order valence-electron chi connectivity index (χ1n) is 4.26. The van der Waals surface area contributed by atoms with Gasteiger partial charge >= 0.3 is 0 Å². The summed E-state index contributed by atoms with van der Waals surface area (Å²) in [5.41, 5.74) is 1.35. The predicted octanol–water partition coefficient (Wildman–Crippen LogP) is 2.62. The molecular formula is C10H10BrNO2. The molecule has 0 aliphatic heterocycles. The van der Waals surface area contributed by atoms with Crippen LogP contribution in [0.15, 0.2) is 27.3 Å². The molecule has 2 N–H and O–H groups in total. The van der Waals surface area contributed by atoms with Crippen molar-refractivity contribution < 1.29 is 9.52 Å². The maximum atomic E-state index is 9.84. The largest absolute Gasteiger partial charge is 0.504 e. The Labute approximate surface area is 89.8 Å². The second kappa shape index (κ2) is 3.63. The van der Waals surface area contributed by atoms with Crippen molar-refractivity contribution in [1.82, 2.24) is 5.32 Å². The van der Waals surface area contributed by atoms with Crippen LogP contribution in [0.3, 0.4) is 0 Å². The molecule has 74 valence electrons. The summed E-state index contributed by atoms with van der Waals surface area (Å²) in [7, 11) is 1.83. The first-order valence-corrected chi connectivity index (χ1v) is 5.05. The summed E-state index contributed by atoms with van der Waals surface area (Å²) in [5, 5.41) is 13.7. The molecule has 4 heteroatoms. The van der Waals surface area contributed by atoms with Gasteiger partial charge in [0.2, 0.25) is 0 Å². The number of aromatic hydroxyl groups is 1. The van der Waals surface area contributed by atoms with Gasteiger partial charge in [0, 0.05) is 22.0 Å². The summed E-state index contributed by atoms with van der Waals surface area (Å²) < 4.78 is 6.14. The highest BCUT2D eigenvalue weighted by molar-refractivity contribution is 9.10. The lowest BCUT2D eigenvalue weighted by molar-refractivity contribution is 0.456. The van der Waals surface area contributed by atoms with Crippen molar-refractivity contribution in [2.45, 2.75) is 6.54 Å². The molecule has 0 spiro atoms. The van der Waals surface area contributed by atoms with Crippen LogP contribution in [-0.2, 0) is 6.54 Å². The van der Waals surface area contributed by atoms with Gasteiger partial charge in [-0.3, -0.25) is 0 Å². The molecule has 0 bridgehead atoms. The van der Waals surface area contributed by atoms with E-state index in [2.05, 4.69) is 21.2 Å². The minimum Gasteiger partial charge on any atom is -0.504 e. The lowest BCUT2D eigenvalue weighted by Crippen LogP contribution is -2.05. The van der Waals surface area contributed by atoms with Crippen LogP contribution in [0, 0.1) is 0 Å². The third-order valence-corrected chi connectivity index (χ3v) is 2.77. The fraction of sp³-hybridized carbons (Fsp3) is 0.200. The van der Waals surface area contributed by atoms with Crippen LogP contribution >= 0.6 is 15.9 Å². The molecule has 14 heavy (non-hydrogen) atoms. The predicted molar refractivity (Wildman–Crippen MR) is 58.3 cm³/mol. The van der Waals surface area contributed by atoms with Crippen LogP contribution < -0.4 is 5.32 Å². The number of nitrogens with one attached hydrogen (secondary N) is 1. The van der Waals surface area contributed by atoms with Crippen molar-refractivity contribution in [1.29, 1.82) is 0 Å². The van der Waals surface area contributed by atoms with Crippen LogP contribution in [0.4, 0.5) is 0 Å². The molecule has 2 aromatic rings. The Morgan fingerprint density at radius 1 is 1.57 bits per heavy atom. The van der Waals surface area contributed by atoms with Gasteiger partial charge in [-0.2, -0.15) is 0 Å². The van der Waals surface area contributed by atoms with Crippen LogP contribution in [0.25, 0.3) is 11.0 Å². The Kier molecular flexibility index (Phi) is 2.48. The molecule has 1 heterocycles. The van der Waals surface area contributed by atoms with Gasteiger partial charge in [-0.1, -0.05) is 15.9 Å². The zero-order chi connectivity index (χ0) is 10.1. The minimum atomic E-state index is 0.211. The molecule has 0 aliphatic carbocycles. The van der Waals surface area contributed by atoms with Crippen molar-refractivity contribution in [2.24, 2.45) is 0 Å². The van der Waals surface area contributed by atoms with E-state index in [1.54, 1.807) is 6.26 Å². The van der Waals surface area contributed by atoms with Crippen molar-refractivity contribution in [3.05, 3.63) is 28.4 Å². The lowest BCUT2D eigenvalue weighted by atomic mass is 10.1. The molecule has 0 amide bonds. The van der Waals surface area contributed by atoms with Crippen molar-refractivity contribution in [3.8, 4) is 5.75 Å². The van der Waals surface area contributed by atoms with E-state index in [9.17, 15) is 5.11 Å². The van der Waals surface area contributed by atoms with Crippen LogP contribution in [0.5, 0.6) is 5.75 Å². The molecule has 0 fully saturated rings. The fourth-order valence-corrected chi connectivity index (χ4v) is 2.04. The van der Waals surface area contributed by atoms with Crippen molar-refractivity contribution >= 4 is 26.9 Å². The zero-order valence-corrected chi connectivity index (χ0v) is 9.26. The summed E-state index contributed by atoms with van der Waals surface area (Å²) in [6, 6.07) is 3.71. The van der Waals surface area contributed by atoms with E-state index in [1.807, 2.05) is 19.2 Å². The molecule has 1 aromatic heterocycles. The van der Waals surface area contributed by atoms with Gasteiger partial charge in [-0.15, -0.1) is 0 Å². The Balaban J connectivity index is 2.68. The standard InChI is InChI=1S/C10H10BrNO2/c1-12-5-6-4-8(11)7-2-3-14-10(7)9(6)13/h2-4,12-13H,5H2,1H3. The molecule has 0 radical (unpaired) electrons. The Hall–Kier alpha value is -1.00. The third-order valence-electron chi connectivity index (χ3n) is 2.11. The second-order valence-corrected chi connectivity index (χ2v) is 3.91. The fourth-order valence-electron chi connectivity index (χ4n) is 1.45. The molecular weight excluding hydrogens is 246 g/mol. The number of halogens is 1. The van der Waals surface area contributed by atoms with E-state index in [-0.39, 0.29) is 5.75 Å². The normalized spacial score (nSPS) is 11.0. The number of rotatable bonds is 2. The summed E-state index contributed by atoms with van der Waals surface area (Å²) in [4.78, 5) is 0. The van der Waals surface area contributed by atoms with Gasteiger partial charge in [0.05, 0.1) is 6.26 Å². The van der Waals surface area contributed by atoms with Gasteiger partial charge in [0.1, 0.15) is 0 Å². The number of hydrogen-bond donors (Lipinski definition) is 2. The topological polar surface area (TPSA) is 45.4 Å². The second-order valence-electron chi connectivity index (χ2n) is 3.06. The van der Waals surface area contributed by atoms with Crippen LogP contribution in [0.1, 0.15) is 5.56 Å². The molecule has 0 unspecified atom stereocenters. The maximum absolute atomic E-state index is 9.84. The minimum absolute atomic E-state index is 0.211. The molecule has 2 rings (SSSR count). The smallest absolute Gasteiger partial charge is 0.176 e. The van der Waals surface area contributed by atoms with Crippen molar-refractivity contribution in [2.75, 3.05) is 7.05 Å². The van der Waals surface area contributed by atoms with E-state index in [0.717, 1.165) is 15.4 Å². The molecule has 0 saturated heterocycles. The number of fused-ring (bicyclic) bond motifs is 1. The first-order chi connectivity index (χ1) is 6.74. The Morgan fingerprint density at radius 2 is 2.36 bits per heavy atom. The molecule has 0 aliphatic rings. The zero-order valence-electron chi connectivity index (χ0n) is 7.67. The van der Waals surface area contributed by atoms with Crippen LogP contribution in [0.2, 0.25) is 0 Å². The Bertz CT molecular complexity index is 464. The van der Waals surface area contributed by atoms with Gasteiger partial charge in [-0.05, 0) is 19.2 Å². The molecule has 0 saturated carbocycles. The Morgan fingerprint density at radius 3 is 3.07 bits per heavy atom. The van der Waals surface area contributed by atoms with Crippen molar-refractivity contribution in [3.63, 3.8) is 0 Å². The number of furan rings is 1. The lowest BCUT2D eigenvalue weighted by Gasteiger charge is -2.05.